The monoisotopic (exact) mass is 390 g/mol. The van der Waals surface area contributed by atoms with Crippen molar-refractivity contribution >= 4 is 23.4 Å². The third-order valence-corrected chi connectivity index (χ3v) is 4.37. The van der Waals surface area contributed by atoms with Crippen LogP contribution in [0.2, 0.25) is 0 Å². The number of anilines is 1. The van der Waals surface area contributed by atoms with Crippen molar-refractivity contribution in [3.05, 3.63) is 89.7 Å². The topological polar surface area (TPSA) is 75.7 Å². The molecular weight excluding hydrogens is 375 g/mol. The van der Waals surface area contributed by atoms with Gasteiger partial charge < -0.3 is 10.1 Å². The minimum atomic E-state index is -0.815. The Kier molecular flexibility index (Phi) is 4.78. The van der Waals surface area contributed by atoms with Crippen molar-refractivity contribution in [2.75, 3.05) is 11.9 Å². The molecule has 0 aliphatic carbocycles. The van der Waals surface area contributed by atoms with E-state index in [1.807, 2.05) is 30.3 Å². The molecule has 3 aromatic rings. The van der Waals surface area contributed by atoms with Gasteiger partial charge in [-0.25, -0.2) is 4.39 Å². The molecule has 0 unspecified atom stereocenters. The number of para-hydroxylation sites is 1. The number of halogens is 1. The van der Waals surface area contributed by atoms with Crippen LogP contribution < -0.4 is 10.1 Å². The largest absolute Gasteiger partial charge is 0.457 e. The van der Waals surface area contributed by atoms with Gasteiger partial charge in [-0.2, -0.15) is 0 Å². The second-order valence-corrected chi connectivity index (χ2v) is 6.35. The number of fused-ring (bicyclic) bond motifs is 1. The fourth-order valence-electron chi connectivity index (χ4n) is 3.01. The minimum absolute atomic E-state index is 0.0368. The summed E-state index contributed by atoms with van der Waals surface area (Å²) in [7, 11) is 0. The molecule has 3 amide bonds. The van der Waals surface area contributed by atoms with Crippen molar-refractivity contribution in [2.24, 2.45) is 0 Å². The number of hydrogen-bond acceptors (Lipinski definition) is 4. The Labute approximate surface area is 165 Å². The molecule has 0 bridgehead atoms. The van der Waals surface area contributed by atoms with Crippen molar-refractivity contribution in [2.45, 2.75) is 0 Å². The van der Waals surface area contributed by atoms with E-state index in [0.29, 0.717) is 17.2 Å². The highest BCUT2D eigenvalue weighted by atomic mass is 19.1. The van der Waals surface area contributed by atoms with Crippen molar-refractivity contribution in [1.29, 1.82) is 0 Å². The molecule has 144 valence electrons. The molecule has 0 saturated heterocycles. The molecule has 6 nitrogen and oxygen atoms in total. The quantitative estimate of drug-likeness (QED) is 0.672. The summed E-state index contributed by atoms with van der Waals surface area (Å²) in [4.78, 5) is 37.6. The Hall–Kier alpha value is -4.00. The molecule has 0 aromatic heterocycles. The summed E-state index contributed by atoms with van der Waals surface area (Å²) in [6.07, 6.45) is 0. The average molecular weight is 390 g/mol. The standard InChI is InChI=1S/C22H15FN2O4/c23-18-8-4-7-17-20(18)22(28)25(21(17)27)13-19(26)24-14-9-11-16(12-10-14)29-15-5-2-1-3-6-15/h1-12H,13H2,(H,24,26). The number of ether oxygens (including phenoxy) is 1. The van der Waals surface area contributed by atoms with Gasteiger partial charge in [-0.05, 0) is 48.5 Å². The van der Waals surface area contributed by atoms with E-state index in [9.17, 15) is 18.8 Å². The molecule has 0 spiro atoms. The predicted octanol–water partition coefficient (Wildman–Crippen LogP) is 3.85. The Morgan fingerprint density at radius 1 is 0.862 bits per heavy atom. The Morgan fingerprint density at radius 3 is 2.24 bits per heavy atom. The van der Waals surface area contributed by atoms with Crippen molar-refractivity contribution in [1.82, 2.24) is 4.90 Å². The molecule has 29 heavy (non-hydrogen) atoms. The number of nitrogens with zero attached hydrogens (tertiary/aromatic N) is 1. The smallest absolute Gasteiger partial charge is 0.265 e. The molecule has 0 saturated carbocycles. The number of imide groups is 1. The lowest BCUT2D eigenvalue weighted by molar-refractivity contribution is -0.116. The highest BCUT2D eigenvalue weighted by molar-refractivity contribution is 6.22. The molecule has 0 fully saturated rings. The van der Waals surface area contributed by atoms with Gasteiger partial charge in [0.2, 0.25) is 5.91 Å². The van der Waals surface area contributed by atoms with Crippen molar-refractivity contribution in [3.8, 4) is 11.5 Å². The van der Waals surface area contributed by atoms with Crippen LogP contribution in [0.3, 0.4) is 0 Å². The average Bonchev–Trinajstić information content (AvgIpc) is 2.96. The summed E-state index contributed by atoms with van der Waals surface area (Å²) in [6.45, 7) is -0.506. The van der Waals surface area contributed by atoms with Crippen LogP contribution in [0.15, 0.2) is 72.8 Å². The second kappa shape index (κ2) is 7.55. The Bertz CT molecular complexity index is 1100. The van der Waals surface area contributed by atoms with Crippen LogP contribution in [-0.4, -0.2) is 29.2 Å². The lowest BCUT2D eigenvalue weighted by atomic mass is 10.1. The fourth-order valence-corrected chi connectivity index (χ4v) is 3.01. The Morgan fingerprint density at radius 2 is 1.55 bits per heavy atom. The lowest BCUT2D eigenvalue weighted by Crippen LogP contribution is -2.37. The van der Waals surface area contributed by atoms with Gasteiger partial charge in [0, 0.05) is 5.69 Å². The maximum atomic E-state index is 13.9. The van der Waals surface area contributed by atoms with E-state index in [1.165, 1.54) is 12.1 Å². The van der Waals surface area contributed by atoms with Crippen LogP contribution in [0.1, 0.15) is 20.7 Å². The zero-order chi connectivity index (χ0) is 20.4. The van der Waals surface area contributed by atoms with Crippen molar-refractivity contribution in [3.63, 3.8) is 0 Å². The summed E-state index contributed by atoms with van der Waals surface area (Å²) in [5.41, 5.74) is 0.135. The van der Waals surface area contributed by atoms with Crippen LogP contribution in [0.4, 0.5) is 10.1 Å². The van der Waals surface area contributed by atoms with E-state index >= 15 is 0 Å². The van der Waals surface area contributed by atoms with E-state index in [4.69, 9.17) is 4.74 Å². The second-order valence-electron chi connectivity index (χ2n) is 6.35. The number of benzene rings is 3. The van der Waals surface area contributed by atoms with Gasteiger partial charge in [-0.3, -0.25) is 19.3 Å². The van der Waals surface area contributed by atoms with Crippen molar-refractivity contribution < 1.29 is 23.5 Å². The number of amides is 3. The molecule has 0 radical (unpaired) electrons. The van der Waals surface area contributed by atoms with Crippen LogP contribution in [-0.2, 0) is 4.79 Å². The highest BCUT2D eigenvalue weighted by Gasteiger charge is 2.38. The summed E-state index contributed by atoms with van der Waals surface area (Å²) in [5, 5.41) is 2.61. The van der Waals surface area contributed by atoms with Gasteiger partial charge in [0.05, 0.1) is 11.1 Å². The van der Waals surface area contributed by atoms with Crippen LogP contribution in [0.5, 0.6) is 11.5 Å². The zero-order valence-electron chi connectivity index (χ0n) is 15.1. The van der Waals surface area contributed by atoms with E-state index in [-0.39, 0.29) is 11.1 Å². The first kappa shape index (κ1) is 18.4. The molecule has 3 aromatic carbocycles. The summed E-state index contributed by atoms with van der Waals surface area (Å²) >= 11 is 0. The number of nitrogens with one attached hydrogen (secondary N) is 1. The molecule has 1 aliphatic heterocycles. The van der Waals surface area contributed by atoms with Crippen LogP contribution in [0.25, 0.3) is 0 Å². The summed E-state index contributed by atoms with van der Waals surface area (Å²) < 4.78 is 19.5. The van der Waals surface area contributed by atoms with Gasteiger partial charge in [0.15, 0.2) is 0 Å². The van der Waals surface area contributed by atoms with E-state index in [1.54, 1.807) is 24.3 Å². The fraction of sp³-hybridized carbons (Fsp3) is 0.0455. The van der Waals surface area contributed by atoms with Gasteiger partial charge in [0.25, 0.3) is 11.8 Å². The summed E-state index contributed by atoms with van der Waals surface area (Å²) in [6, 6.07) is 19.7. The first-order valence-electron chi connectivity index (χ1n) is 8.80. The van der Waals surface area contributed by atoms with Crippen LogP contribution in [0, 0.1) is 5.82 Å². The van der Waals surface area contributed by atoms with E-state index < -0.39 is 30.1 Å². The van der Waals surface area contributed by atoms with Crippen LogP contribution >= 0.6 is 0 Å². The number of carbonyl (C=O) groups excluding carboxylic acids is 3. The number of carbonyl (C=O) groups is 3. The highest BCUT2D eigenvalue weighted by Crippen LogP contribution is 2.25. The van der Waals surface area contributed by atoms with Gasteiger partial charge >= 0.3 is 0 Å². The van der Waals surface area contributed by atoms with Gasteiger partial charge in [0.1, 0.15) is 23.9 Å². The van der Waals surface area contributed by atoms with Gasteiger partial charge in [-0.1, -0.05) is 24.3 Å². The third-order valence-electron chi connectivity index (χ3n) is 4.37. The normalized spacial score (nSPS) is 12.7. The maximum Gasteiger partial charge on any atom is 0.265 e. The third kappa shape index (κ3) is 3.70. The molecule has 7 heteroatoms. The molecule has 4 rings (SSSR count). The molecule has 1 N–H and O–H groups in total. The molecular formula is C22H15FN2O4. The predicted molar refractivity (Wildman–Crippen MR) is 103 cm³/mol. The van der Waals surface area contributed by atoms with Gasteiger partial charge in [-0.15, -0.1) is 0 Å². The minimum Gasteiger partial charge on any atom is -0.457 e. The lowest BCUT2D eigenvalue weighted by Gasteiger charge is -2.14. The molecule has 1 aliphatic rings. The first-order valence-corrected chi connectivity index (χ1v) is 8.80. The zero-order valence-corrected chi connectivity index (χ0v) is 15.1. The SMILES string of the molecule is O=C(CN1C(=O)c2cccc(F)c2C1=O)Nc1ccc(Oc2ccccc2)cc1. The molecule has 1 heterocycles. The summed E-state index contributed by atoms with van der Waals surface area (Å²) in [5.74, 6) is -1.59. The number of rotatable bonds is 5. The first-order chi connectivity index (χ1) is 14.0. The number of hydrogen-bond donors (Lipinski definition) is 1. The maximum absolute atomic E-state index is 13.9. The molecule has 0 atom stereocenters. The Balaban J connectivity index is 1.40. The van der Waals surface area contributed by atoms with E-state index in [0.717, 1.165) is 11.0 Å². The van der Waals surface area contributed by atoms with E-state index in [2.05, 4.69) is 5.32 Å².